The fourth-order valence-electron chi connectivity index (χ4n) is 2.35. The van der Waals surface area contributed by atoms with E-state index in [0.717, 1.165) is 45.8 Å². The van der Waals surface area contributed by atoms with Gasteiger partial charge in [0.05, 0.1) is 6.61 Å². The summed E-state index contributed by atoms with van der Waals surface area (Å²) in [7, 11) is 1.74. The zero-order valence-electron chi connectivity index (χ0n) is 13.2. The Morgan fingerprint density at radius 3 is 2.76 bits per heavy atom. The predicted molar refractivity (Wildman–Crippen MR) is 91.8 cm³/mol. The van der Waals surface area contributed by atoms with Crippen molar-refractivity contribution in [3.63, 3.8) is 0 Å². The molecule has 21 heavy (non-hydrogen) atoms. The molecule has 1 N–H and O–H groups in total. The summed E-state index contributed by atoms with van der Waals surface area (Å²) in [5, 5.41) is 3.49. The summed E-state index contributed by atoms with van der Waals surface area (Å²) in [5.41, 5.74) is 1.38. The SMILES string of the molecule is CCOCCCC(CNCCOC)Cc1ccccc1Br. The lowest BCUT2D eigenvalue weighted by molar-refractivity contribution is 0.139. The number of nitrogens with one attached hydrogen (secondary N) is 1. The summed E-state index contributed by atoms with van der Waals surface area (Å²) < 4.78 is 11.7. The van der Waals surface area contributed by atoms with Gasteiger partial charge in [0, 0.05) is 31.3 Å². The maximum atomic E-state index is 5.45. The summed E-state index contributed by atoms with van der Waals surface area (Å²) in [6, 6.07) is 8.49. The van der Waals surface area contributed by atoms with Crippen molar-refractivity contribution in [3.8, 4) is 0 Å². The van der Waals surface area contributed by atoms with E-state index in [1.54, 1.807) is 7.11 Å². The number of benzene rings is 1. The van der Waals surface area contributed by atoms with E-state index >= 15 is 0 Å². The molecular formula is C17H28BrNO2. The van der Waals surface area contributed by atoms with Crippen molar-refractivity contribution in [2.24, 2.45) is 5.92 Å². The van der Waals surface area contributed by atoms with Crippen LogP contribution >= 0.6 is 15.9 Å². The van der Waals surface area contributed by atoms with Gasteiger partial charge in [-0.2, -0.15) is 0 Å². The van der Waals surface area contributed by atoms with Gasteiger partial charge in [-0.25, -0.2) is 0 Å². The Morgan fingerprint density at radius 2 is 2.05 bits per heavy atom. The van der Waals surface area contributed by atoms with Gasteiger partial charge in [-0.05, 0) is 50.3 Å². The van der Waals surface area contributed by atoms with Crippen molar-refractivity contribution in [1.82, 2.24) is 5.32 Å². The Balaban J connectivity index is 2.44. The lowest BCUT2D eigenvalue weighted by Gasteiger charge is -2.18. The number of rotatable bonds is 12. The minimum atomic E-state index is 0.626. The molecule has 0 aliphatic carbocycles. The molecule has 0 heterocycles. The number of hydrogen-bond donors (Lipinski definition) is 1. The highest BCUT2D eigenvalue weighted by atomic mass is 79.9. The molecule has 1 aromatic carbocycles. The van der Waals surface area contributed by atoms with Crippen LogP contribution in [0.1, 0.15) is 25.3 Å². The van der Waals surface area contributed by atoms with E-state index in [1.807, 2.05) is 6.92 Å². The Kier molecular flexibility index (Phi) is 10.8. The van der Waals surface area contributed by atoms with Crippen molar-refractivity contribution in [3.05, 3.63) is 34.3 Å². The van der Waals surface area contributed by atoms with Gasteiger partial charge in [0.25, 0.3) is 0 Å². The van der Waals surface area contributed by atoms with Gasteiger partial charge in [-0.1, -0.05) is 34.1 Å². The van der Waals surface area contributed by atoms with Crippen LogP contribution in [-0.4, -0.2) is 40.0 Å². The first kappa shape index (κ1) is 18.6. The molecule has 0 spiro atoms. The van der Waals surface area contributed by atoms with Gasteiger partial charge in [0.15, 0.2) is 0 Å². The molecule has 0 aliphatic rings. The lowest BCUT2D eigenvalue weighted by Crippen LogP contribution is -2.27. The number of ether oxygens (including phenoxy) is 2. The first-order valence-electron chi connectivity index (χ1n) is 7.78. The van der Waals surface area contributed by atoms with Crippen molar-refractivity contribution in [1.29, 1.82) is 0 Å². The fraction of sp³-hybridized carbons (Fsp3) is 0.647. The minimum absolute atomic E-state index is 0.626. The second-order valence-electron chi connectivity index (χ2n) is 5.20. The molecule has 0 saturated heterocycles. The third kappa shape index (κ3) is 8.57. The molecule has 1 rings (SSSR count). The number of halogens is 1. The average molecular weight is 358 g/mol. The molecule has 0 aromatic heterocycles. The van der Waals surface area contributed by atoms with Crippen LogP contribution in [0.3, 0.4) is 0 Å². The van der Waals surface area contributed by atoms with Crippen LogP contribution in [-0.2, 0) is 15.9 Å². The fourth-order valence-corrected chi connectivity index (χ4v) is 2.80. The molecule has 0 fully saturated rings. The Bertz CT molecular complexity index is 362. The highest BCUT2D eigenvalue weighted by Gasteiger charge is 2.11. The van der Waals surface area contributed by atoms with Crippen LogP contribution in [0.4, 0.5) is 0 Å². The molecule has 1 unspecified atom stereocenters. The summed E-state index contributed by atoms with van der Waals surface area (Å²) in [6.45, 7) is 6.42. The Labute approximate surface area is 137 Å². The first-order chi connectivity index (χ1) is 10.3. The Morgan fingerprint density at radius 1 is 1.24 bits per heavy atom. The molecule has 1 atom stereocenters. The zero-order valence-corrected chi connectivity index (χ0v) is 14.8. The molecule has 0 aliphatic heterocycles. The summed E-state index contributed by atoms with van der Waals surface area (Å²) >= 11 is 3.65. The zero-order chi connectivity index (χ0) is 15.3. The maximum absolute atomic E-state index is 5.45. The molecule has 0 radical (unpaired) electrons. The van der Waals surface area contributed by atoms with Crippen molar-refractivity contribution < 1.29 is 9.47 Å². The Hall–Kier alpha value is -0.420. The van der Waals surface area contributed by atoms with Crippen molar-refractivity contribution in [2.45, 2.75) is 26.2 Å². The summed E-state index contributed by atoms with van der Waals surface area (Å²) in [6.07, 6.45) is 3.39. The van der Waals surface area contributed by atoms with Crippen LogP contribution in [0, 0.1) is 5.92 Å². The standard InChI is InChI=1S/C17H28BrNO2/c1-3-21-11-6-7-15(14-19-10-12-20-2)13-16-8-4-5-9-17(16)18/h4-5,8-9,15,19H,3,6-7,10-14H2,1-2H3. The van der Waals surface area contributed by atoms with Gasteiger partial charge < -0.3 is 14.8 Å². The van der Waals surface area contributed by atoms with E-state index in [-0.39, 0.29) is 0 Å². The monoisotopic (exact) mass is 357 g/mol. The maximum Gasteiger partial charge on any atom is 0.0587 e. The highest BCUT2D eigenvalue weighted by Crippen LogP contribution is 2.21. The van der Waals surface area contributed by atoms with E-state index in [2.05, 4.69) is 45.5 Å². The second-order valence-corrected chi connectivity index (χ2v) is 6.05. The normalized spacial score (nSPS) is 12.5. The van der Waals surface area contributed by atoms with E-state index in [9.17, 15) is 0 Å². The van der Waals surface area contributed by atoms with Gasteiger partial charge in [-0.15, -0.1) is 0 Å². The van der Waals surface area contributed by atoms with Crippen LogP contribution < -0.4 is 5.32 Å². The molecule has 0 bridgehead atoms. The van der Waals surface area contributed by atoms with Crippen molar-refractivity contribution >= 4 is 15.9 Å². The van der Waals surface area contributed by atoms with Gasteiger partial charge >= 0.3 is 0 Å². The molecule has 0 amide bonds. The lowest BCUT2D eigenvalue weighted by atomic mass is 9.94. The third-order valence-electron chi connectivity index (χ3n) is 3.49. The van der Waals surface area contributed by atoms with Crippen LogP contribution in [0.25, 0.3) is 0 Å². The minimum Gasteiger partial charge on any atom is -0.383 e. The van der Waals surface area contributed by atoms with Crippen LogP contribution in [0.5, 0.6) is 0 Å². The average Bonchev–Trinajstić information content (AvgIpc) is 2.50. The van der Waals surface area contributed by atoms with Crippen molar-refractivity contribution in [2.75, 3.05) is 40.0 Å². The molecular weight excluding hydrogens is 330 g/mol. The quantitative estimate of drug-likeness (QED) is 0.579. The second kappa shape index (κ2) is 12.2. The molecule has 0 saturated carbocycles. The van der Waals surface area contributed by atoms with E-state index in [1.165, 1.54) is 16.5 Å². The van der Waals surface area contributed by atoms with Crippen LogP contribution in [0.2, 0.25) is 0 Å². The van der Waals surface area contributed by atoms with E-state index in [0.29, 0.717) is 5.92 Å². The van der Waals surface area contributed by atoms with E-state index < -0.39 is 0 Å². The predicted octanol–water partition coefficient (Wildman–Crippen LogP) is 3.66. The smallest absolute Gasteiger partial charge is 0.0587 e. The van der Waals surface area contributed by atoms with Gasteiger partial charge in [-0.3, -0.25) is 0 Å². The van der Waals surface area contributed by atoms with Crippen LogP contribution in [0.15, 0.2) is 28.7 Å². The molecule has 1 aromatic rings. The van der Waals surface area contributed by atoms with E-state index in [4.69, 9.17) is 9.47 Å². The summed E-state index contributed by atoms with van der Waals surface area (Å²) in [4.78, 5) is 0. The summed E-state index contributed by atoms with van der Waals surface area (Å²) in [5.74, 6) is 0.626. The molecule has 3 nitrogen and oxygen atoms in total. The number of methoxy groups -OCH3 is 1. The molecule has 4 heteroatoms. The first-order valence-corrected chi connectivity index (χ1v) is 8.58. The third-order valence-corrected chi connectivity index (χ3v) is 4.26. The molecule has 120 valence electrons. The van der Waals surface area contributed by atoms with Gasteiger partial charge in [0.2, 0.25) is 0 Å². The van der Waals surface area contributed by atoms with Gasteiger partial charge in [0.1, 0.15) is 0 Å². The largest absolute Gasteiger partial charge is 0.383 e. The topological polar surface area (TPSA) is 30.5 Å². The number of hydrogen-bond acceptors (Lipinski definition) is 3. The highest BCUT2D eigenvalue weighted by molar-refractivity contribution is 9.10.